The third-order valence-electron chi connectivity index (χ3n) is 3.42. The first kappa shape index (κ1) is 13.6. The molecule has 0 spiro atoms. The molecule has 0 aliphatic carbocycles. The molecule has 0 bridgehead atoms. The number of nitrogens with zero attached hydrogens (tertiary/aromatic N) is 2. The van der Waals surface area contributed by atoms with E-state index in [1.807, 2.05) is 6.92 Å². The van der Waals surface area contributed by atoms with Crippen molar-refractivity contribution in [2.75, 3.05) is 19.6 Å². The normalized spacial score (nSPS) is 18.7. The molecule has 4 nitrogen and oxygen atoms in total. The Bertz CT molecular complexity index is 354. The summed E-state index contributed by atoms with van der Waals surface area (Å²) in [6.07, 6.45) is 4.24. The van der Waals surface area contributed by atoms with Gasteiger partial charge in [-0.05, 0) is 38.8 Å². The van der Waals surface area contributed by atoms with Crippen molar-refractivity contribution in [1.29, 1.82) is 0 Å². The van der Waals surface area contributed by atoms with Crippen molar-refractivity contribution in [2.24, 2.45) is 5.92 Å². The summed E-state index contributed by atoms with van der Waals surface area (Å²) in [5.41, 5.74) is 0. The van der Waals surface area contributed by atoms with E-state index >= 15 is 0 Å². The van der Waals surface area contributed by atoms with Gasteiger partial charge < -0.3 is 14.6 Å². The van der Waals surface area contributed by atoms with Gasteiger partial charge >= 0.3 is 0 Å². The number of rotatable bonds is 5. The zero-order valence-electron chi connectivity index (χ0n) is 11.8. The molecule has 2 rings (SSSR count). The highest BCUT2D eigenvalue weighted by atomic mass is 16.4. The fraction of sp³-hybridized carbons (Fsp3) is 0.786. The minimum Gasteiger partial charge on any atom is -0.445 e. The van der Waals surface area contributed by atoms with Crippen LogP contribution >= 0.6 is 0 Å². The molecule has 0 amide bonds. The topological polar surface area (TPSA) is 41.3 Å². The number of piperidine rings is 1. The Kier molecular flexibility index (Phi) is 4.78. The molecule has 0 unspecified atom stereocenters. The summed E-state index contributed by atoms with van der Waals surface area (Å²) in [6.45, 7) is 10.9. The number of hydrogen-bond donors (Lipinski definition) is 1. The molecule has 4 heteroatoms. The van der Waals surface area contributed by atoms with Gasteiger partial charge in [-0.3, -0.25) is 0 Å². The highest BCUT2D eigenvalue weighted by Gasteiger charge is 2.19. The number of oxazole rings is 1. The van der Waals surface area contributed by atoms with Crippen molar-refractivity contribution in [1.82, 2.24) is 15.2 Å². The quantitative estimate of drug-likeness (QED) is 0.871. The molecule has 0 radical (unpaired) electrons. The van der Waals surface area contributed by atoms with Crippen molar-refractivity contribution in [3.8, 4) is 0 Å². The Morgan fingerprint density at radius 2 is 2.17 bits per heavy atom. The minimum atomic E-state index is 0.612. The van der Waals surface area contributed by atoms with Crippen molar-refractivity contribution < 1.29 is 4.42 Å². The van der Waals surface area contributed by atoms with Gasteiger partial charge in [-0.1, -0.05) is 13.8 Å². The van der Waals surface area contributed by atoms with Gasteiger partial charge in [-0.25, -0.2) is 4.98 Å². The number of likely N-dealkylation sites (tertiary alicyclic amines) is 1. The third-order valence-corrected chi connectivity index (χ3v) is 3.42. The maximum absolute atomic E-state index is 5.46. The first-order chi connectivity index (χ1) is 8.63. The predicted molar refractivity (Wildman–Crippen MR) is 72.4 cm³/mol. The molecule has 1 aliphatic rings. The Labute approximate surface area is 110 Å². The average Bonchev–Trinajstić information content (AvgIpc) is 2.74. The van der Waals surface area contributed by atoms with Crippen LogP contribution in [0.4, 0.5) is 0 Å². The van der Waals surface area contributed by atoms with Crippen molar-refractivity contribution in [3.63, 3.8) is 0 Å². The predicted octanol–water partition coefficient (Wildman–Crippen LogP) is 2.19. The second-order valence-electron chi connectivity index (χ2n) is 5.71. The van der Waals surface area contributed by atoms with Crippen LogP contribution in [0.25, 0.3) is 0 Å². The zero-order valence-corrected chi connectivity index (χ0v) is 11.8. The van der Waals surface area contributed by atoms with E-state index in [0.717, 1.165) is 24.1 Å². The summed E-state index contributed by atoms with van der Waals surface area (Å²) in [6, 6.07) is 0.612. The van der Waals surface area contributed by atoms with E-state index in [4.69, 9.17) is 4.42 Å². The third kappa shape index (κ3) is 4.10. The molecule has 2 heterocycles. The van der Waals surface area contributed by atoms with Gasteiger partial charge in [-0.2, -0.15) is 0 Å². The maximum Gasteiger partial charge on any atom is 0.208 e. The van der Waals surface area contributed by atoms with E-state index in [1.54, 1.807) is 6.20 Å². The molecular formula is C14H25N3O. The second-order valence-corrected chi connectivity index (χ2v) is 5.71. The molecule has 1 aliphatic heterocycles. The van der Waals surface area contributed by atoms with Crippen LogP contribution in [-0.4, -0.2) is 35.6 Å². The van der Waals surface area contributed by atoms with E-state index in [1.165, 1.54) is 32.5 Å². The average molecular weight is 251 g/mol. The number of aryl methyl sites for hydroxylation is 1. The van der Waals surface area contributed by atoms with E-state index in [9.17, 15) is 0 Å². The van der Waals surface area contributed by atoms with Crippen LogP contribution in [0.3, 0.4) is 0 Å². The largest absolute Gasteiger partial charge is 0.445 e. The smallest absolute Gasteiger partial charge is 0.208 e. The van der Waals surface area contributed by atoms with Gasteiger partial charge in [0.2, 0.25) is 5.89 Å². The molecule has 1 saturated heterocycles. The van der Waals surface area contributed by atoms with Crippen LogP contribution in [0, 0.1) is 12.8 Å². The maximum atomic E-state index is 5.46. The fourth-order valence-corrected chi connectivity index (χ4v) is 2.55. The van der Waals surface area contributed by atoms with Gasteiger partial charge in [0, 0.05) is 12.6 Å². The summed E-state index contributed by atoms with van der Waals surface area (Å²) >= 11 is 0. The fourth-order valence-electron chi connectivity index (χ4n) is 2.55. The van der Waals surface area contributed by atoms with Crippen molar-refractivity contribution in [3.05, 3.63) is 17.8 Å². The summed E-state index contributed by atoms with van der Waals surface area (Å²) < 4.78 is 5.46. The van der Waals surface area contributed by atoms with E-state index in [2.05, 4.69) is 29.0 Å². The minimum absolute atomic E-state index is 0.612. The van der Waals surface area contributed by atoms with Gasteiger partial charge in [0.15, 0.2) is 0 Å². The van der Waals surface area contributed by atoms with Crippen LogP contribution in [0.15, 0.2) is 10.6 Å². The highest BCUT2D eigenvalue weighted by Crippen LogP contribution is 2.12. The SMILES string of the molecule is Cc1cnc(CNC2CCN(CC(C)C)CC2)o1. The second kappa shape index (κ2) is 6.34. The molecule has 0 aromatic carbocycles. The molecule has 0 saturated carbocycles. The lowest BCUT2D eigenvalue weighted by Gasteiger charge is -2.33. The Balaban J connectivity index is 1.67. The Morgan fingerprint density at radius 3 is 2.72 bits per heavy atom. The molecule has 1 fully saturated rings. The van der Waals surface area contributed by atoms with Crippen LogP contribution in [0.1, 0.15) is 38.3 Å². The molecule has 1 N–H and O–H groups in total. The standard InChI is InChI=1S/C14H25N3O/c1-11(2)10-17-6-4-13(5-7-17)15-9-14-16-8-12(3)18-14/h8,11,13,15H,4-7,9-10H2,1-3H3. The van der Waals surface area contributed by atoms with Gasteiger partial charge in [0.1, 0.15) is 5.76 Å². The lowest BCUT2D eigenvalue weighted by atomic mass is 10.0. The van der Waals surface area contributed by atoms with Crippen LogP contribution < -0.4 is 5.32 Å². The first-order valence-electron chi connectivity index (χ1n) is 7.00. The van der Waals surface area contributed by atoms with E-state index in [-0.39, 0.29) is 0 Å². The summed E-state index contributed by atoms with van der Waals surface area (Å²) in [4.78, 5) is 6.78. The van der Waals surface area contributed by atoms with Crippen LogP contribution in [0.5, 0.6) is 0 Å². The van der Waals surface area contributed by atoms with Crippen molar-refractivity contribution in [2.45, 2.75) is 46.2 Å². The van der Waals surface area contributed by atoms with Crippen molar-refractivity contribution >= 4 is 0 Å². The molecule has 0 atom stereocenters. The lowest BCUT2D eigenvalue weighted by molar-refractivity contribution is 0.178. The lowest BCUT2D eigenvalue weighted by Crippen LogP contribution is -2.43. The Morgan fingerprint density at radius 1 is 1.44 bits per heavy atom. The monoisotopic (exact) mass is 251 g/mol. The van der Waals surface area contributed by atoms with Gasteiger partial charge in [-0.15, -0.1) is 0 Å². The van der Waals surface area contributed by atoms with Crippen LogP contribution in [-0.2, 0) is 6.54 Å². The number of aromatic nitrogens is 1. The molecule has 102 valence electrons. The molecular weight excluding hydrogens is 226 g/mol. The van der Waals surface area contributed by atoms with Gasteiger partial charge in [0.25, 0.3) is 0 Å². The Hall–Kier alpha value is -0.870. The zero-order chi connectivity index (χ0) is 13.0. The molecule has 1 aromatic heterocycles. The number of nitrogens with one attached hydrogen (secondary N) is 1. The molecule has 1 aromatic rings. The van der Waals surface area contributed by atoms with Gasteiger partial charge in [0.05, 0.1) is 12.7 Å². The van der Waals surface area contributed by atoms with Crippen LogP contribution in [0.2, 0.25) is 0 Å². The van der Waals surface area contributed by atoms with E-state index < -0.39 is 0 Å². The summed E-state index contributed by atoms with van der Waals surface area (Å²) in [7, 11) is 0. The number of hydrogen-bond acceptors (Lipinski definition) is 4. The first-order valence-corrected chi connectivity index (χ1v) is 7.00. The highest BCUT2D eigenvalue weighted by molar-refractivity contribution is 4.91. The van der Waals surface area contributed by atoms with E-state index in [0.29, 0.717) is 6.04 Å². The summed E-state index contributed by atoms with van der Waals surface area (Å²) in [5, 5.41) is 3.54. The molecule has 18 heavy (non-hydrogen) atoms. The summed E-state index contributed by atoms with van der Waals surface area (Å²) in [5.74, 6) is 2.46.